The molecule has 0 spiro atoms. The zero-order chi connectivity index (χ0) is 90.8. The van der Waals surface area contributed by atoms with Crippen LogP contribution in [-0.4, -0.2) is 15.0 Å². The maximum Gasteiger partial charge on any atom is 0.113 e. The molecule has 0 fully saturated rings. The lowest BCUT2D eigenvalue weighted by atomic mass is 9.96. The fourth-order valence-electron chi connectivity index (χ4n) is 15.8. The molecule has 0 atom stereocenters. The van der Waals surface area contributed by atoms with E-state index in [1.807, 2.05) is 72.9 Å². The Kier molecular flexibility index (Phi) is 31.7. The van der Waals surface area contributed by atoms with Crippen LogP contribution in [0, 0.1) is 48.5 Å². The van der Waals surface area contributed by atoms with Crippen LogP contribution in [0.15, 0.2) is 534 Å². The zero-order valence-electron chi connectivity index (χ0n) is 76.1. The van der Waals surface area contributed by atoms with Gasteiger partial charge in [-0.3, -0.25) is 0 Å². The largest absolute Gasteiger partial charge is 0.220 e. The summed E-state index contributed by atoms with van der Waals surface area (Å²) in [6.07, 6.45) is 1.95. The summed E-state index contributed by atoms with van der Waals surface area (Å²) in [4.78, 5) is 0. The summed E-state index contributed by atoms with van der Waals surface area (Å²) in [6, 6.07) is 185. The van der Waals surface area contributed by atoms with Crippen LogP contribution in [0.4, 0.5) is 0 Å². The smallest absolute Gasteiger partial charge is 0.113 e. The summed E-state index contributed by atoms with van der Waals surface area (Å²) in [7, 11) is 0. The second kappa shape index (κ2) is 46.3. The second-order valence-corrected chi connectivity index (χ2v) is 33.1. The summed E-state index contributed by atoms with van der Waals surface area (Å²) >= 11 is 0. The van der Waals surface area contributed by atoms with Gasteiger partial charge in [0.15, 0.2) is 0 Å². The lowest BCUT2D eigenvalue weighted by Gasteiger charge is -2.09. The van der Waals surface area contributed by atoms with Gasteiger partial charge < -0.3 is 0 Å². The minimum absolute atomic E-state index is 0.891. The Bertz CT molecular complexity index is 7030. The van der Waals surface area contributed by atoms with E-state index in [4.69, 9.17) is 0 Å². The van der Waals surface area contributed by atoms with Gasteiger partial charge in [0.25, 0.3) is 0 Å². The Balaban J connectivity index is 0.000000118. The van der Waals surface area contributed by atoms with E-state index >= 15 is 0 Å². The van der Waals surface area contributed by atoms with Gasteiger partial charge >= 0.3 is 0 Å². The molecular weight excluding hydrogens is 1590 g/mol. The van der Waals surface area contributed by atoms with Crippen LogP contribution in [0.25, 0.3) is 150 Å². The van der Waals surface area contributed by atoms with E-state index < -0.39 is 0 Å². The topological polar surface area (TPSA) is 30.7 Å². The van der Waals surface area contributed by atoms with Crippen molar-refractivity contribution in [2.24, 2.45) is 0 Å². The molecule has 1 heterocycles. The number of hydrogen-bond acceptors (Lipinski definition) is 2. The van der Waals surface area contributed by atoms with E-state index in [0.717, 1.165) is 16.9 Å². The van der Waals surface area contributed by atoms with Crippen LogP contribution in [0.1, 0.15) is 38.9 Å². The van der Waals surface area contributed by atoms with Gasteiger partial charge in [-0.25, -0.2) is 4.68 Å². The molecule has 0 aliphatic rings. The Labute approximate surface area is 781 Å². The first-order valence-electron chi connectivity index (χ1n) is 45.2. The fourth-order valence-corrected chi connectivity index (χ4v) is 15.8. The maximum absolute atomic E-state index is 4.22. The van der Waals surface area contributed by atoms with E-state index in [1.54, 1.807) is 4.68 Å². The van der Waals surface area contributed by atoms with Crippen LogP contribution in [0.3, 0.4) is 0 Å². The minimum atomic E-state index is 0.891. The number of benzene rings is 20. The van der Waals surface area contributed by atoms with Gasteiger partial charge in [0.1, 0.15) is 5.69 Å². The van der Waals surface area contributed by atoms with Crippen LogP contribution in [-0.2, 0) is 0 Å². The Morgan fingerprint density at radius 1 is 0.144 bits per heavy atom. The first-order chi connectivity index (χ1) is 64.8. The second-order valence-electron chi connectivity index (χ2n) is 33.1. The number of nitrogens with zero attached hydrogens (tertiary/aromatic N) is 3. The summed E-state index contributed by atoms with van der Waals surface area (Å²) in [6.45, 7) is 14.9. The molecule has 21 rings (SSSR count). The Morgan fingerprint density at radius 3 is 0.689 bits per heavy atom. The SMILES string of the molecule is Cc1cc(-c2ccccc2)cc(-c2ccccc2)c1.Cc1cc(-c2ccccc2)ccc1-c1ccccc1.Cc1ccc(-c2ccc(-c3ccccc3)cc2)cc1.Cc1ccc(-c2cccc(-c3ccccc3)c2)cc1.Cc1cccc(-c2ccc(-c3ccccc3)cc2)c1.Cc1cccc(-c2cccc(-c3ccccc3)c2)c1.Cc1cccc(-c2cn(-c3ccccc3)nn2)c1. The van der Waals surface area contributed by atoms with Crippen molar-refractivity contribution in [3.63, 3.8) is 0 Å². The molecule has 0 amide bonds. The van der Waals surface area contributed by atoms with Crippen molar-refractivity contribution < 1.29 is 0 Å². The molecule has 21 aromatic rings. The molecule has 0 saturated carbocycles. The molecule has 3 nitrogen and oxygen atoms in total. The van der Waals surface area contributed by atoms with E-state index in [2.05, 4.69) is 520 Å². The van der Waals surface area contributed by atoms with Gasteiger partial charge in [-0.05, 0) is 230 Å². The van der Waals surface area contributed by atoms with Crippen molar-refractivity contribution in [2.45, 2.75) is 48.5 Å². The zero-order valence-corrected chi connectivity index (χ0v) is 76.1. The van der Waals surface area contributed by atoms with Crippen LogP contribution in [0.5, 0.6) is 0 Å². The van der Waals surface area contributed by atoms with Crippen molar-refractivity contribution in [3.8, 4) is 150 Å². The predicted octanol–water partition coefficient (Wildman–Crippen LogP) is 35.2. The van der Waals surface area contributed by atoms with Crippen molar-refractivity contribution in [3.05, 3.63) is 573 Å². The number of rotatable bonds is 14. The molecule has 0 aliphatic carbocycles. The normalized spacial score (nSPS) is 10.4. The van der Waals surface area contributed by atoms with Crippen LogP contribution >= 0.6 is 0 Å². The third-order valence-electron chi connectivity index (χ3n) is 22.9. The van der Waals surface area contributed by atoms with E-state index in [9.17, 15) is 0 Å². The van der Waals surface area contributed by atoms with E-state index in [0.29, 0.717) is 0 Å². The molecule has 0 bridgehead atoms. The molecule has 20 aromatic carbocycles. The Morgan fingerprint density at radius 2 is 0.356 bits per heavy atom. The molecule has 132 heavy (non-hydrogen) atoms. The van der Waals surface area contributed by atoms with E-state index in [-0.39, 0.29) is 0 Å². The lowest BCUT2D eigenvalue weighted by Crippen LogP contribution is -1.93. The first-order valence-corrected chi connectivity index (χ1v) is 45.2. The van der Waals surface area contributed by atoms with Crippen molar-refractivity contribution in [1.82, 2.24) is 15.0 Å². The highest BCUT2D eigenvalue weighted by Gasteiger charge is 2.11. The highest BCUT2D eigenvalue weighted by molar-refractivity contribution is 5.79. The Hall–Kier alpha value is -16.5. The molecule has 640 valence electrons. The van der Waals surface area contributed by atoms with Gasteiger partial charge in [0.2, 0.25) is 0 Å². The molecular formula is C129H109N3. The molecule has 0 radical (unpaired) electrons. The molecule has 0 saturated heterocycles. The highest BCUT2D eigenvalue weighted by atomic mass is 15.4. The van der Waals surface area contributed by atoms with Gasteiger partial charge in [-0.15, -0.1) is 5.10 Å². The van der Waals surface area contributed by atoms with Gasteiger partial charge in [-0.1, -0.05) is 524 Å². The van der Waals surface area contributed by atoms with Gasteiger partial charge in [0.05, 0.1) is 11.9 Å². The van der Waals surface area contributed by atoms with Crippen molar-refractivity contribution in [2.75, 3.05) is 0 Å². The quantitative estimate of drug-likeness (QED) is 0.109. The maximum atomic E-state index is 4.22. The fraction of sp³-hybridized carbons (Fsp3) is 0.0543. The third kappa shape index (κ3) is 25.9. The van der Waals surface area contributed by atoms with Crippen molar-refractivity contribution in [1.29, 1.82) is 0 Å². The predicted molar refractivity (Wildman–Crippen MR) is 564 cm³/mol. The van der Waals surface area contributed by atoms with Crippen LogP contribution < -0.4 is 0 Å². The minimum Gasteiger partial charge on any atom is -0.220 e. The first kappa shape index (κ1) is 90.3. The number of aromatic nitrogens is 3. The highest BCUT2D eigenvalue weighted by Crippen LogP contribution is 2.35. The van der Waals surface area contributed by atoms with Gasteiger partial charge in [-0.2, -0.15) is 0 Å². The molecule has 0 N–H and O–H groups in total. The number of para-hydroxylation sites is 1. The van der Waals surface area contributed by atoms with Crippen LogP contribution in [0.2, 0.25) is 0 Å². The number of aryl methyl sites for hydroxylation is 7. The lowest BCUT2D eigenvalue weighted by molar-refractivity contribution is 0.804. The monoisotopic (exact) mass is 1700 g/mol. The van der Waals surface area contributed by atoms with E-state index in [1.165, 1.54) is 172 Å². The van der Waals surface area contributed by atoms with Crippen molar-refractivity contribution >= 4 is 0 Å². The summed E-state index contributed by atoms with van der Waals surface area (Å²) in [5.74, 6) is 0. The summed E-state index contributed by atoms with van der Waals surface area (Å²) in [5.41, 5.74) is 42.5. The molecule has 3 heteroatoms. The average Bonchev–Trinajstić information content (AvgIpc) is 1.41. The molecule has 0 unspecified atom stereocenters. The van der Waals surface area contributed by atoms with Gasteiger partial charge in [0, 0.05) is 5.56 Å². The third-order valence-corrected chi connectivity index (χ3v) is 22.9. The summed E-state index contributed by atoms with van der Waals surface area (Å²) < 4.78 is 1.79. The number of hydrogen-bond donors (Lipinski definition) is 0. The summed E-state index contributed by atoms with van der Waals surface area (Å²) in [5, 5.41) is 8.38. The molecule has 0 aliphatic heterocycles. The standard InChI is InChI=1S/6C19H16.C15H13N3/c1-15-12-18(16-8-4-2-5-9-16)14-19(13-15)17-10-6-3-7-11-17;1-15-14-18(16-8-4-2-5-9-16)12-13-19(15)17-10-6-3-7-11-17;1-15-7-5-10-17(13-15)19-12-6-11-18(14-19)16-8-3-2-4-9-16;1-15-6-5-9-19(14-15)18-12-10-17(11-13-18)16-7-3-2-4-8-16;1-15-10-12-17(13-11-15)19-9-5-8-18(14-19)16-6-3-2-4-7-16;1-15-7-9-17(10-8-15)19-13-11-18(12-14-19)16-5-3-2-4-6-16;1-12-6-5-7-13(10-12)15-11-18(17-16-15)14-8-3-2-4-9-14/h6*2-14H,1H3;2-11H,1H3. The average molecular weight is 1700 g/mol. The molecule has 1 aromatic heterocycles.